The van der Waals surface area contributed by atoms with Gasteiger partial charge in [-0.05, 0) is 20.1 Å². The highest BCUT2D eigenvalue weighted by Gasteiger charge is 2.16. The van der Waals surface area contributed by atoms with Crippen LogP contribution in [0, 0.1) is 13.8 Å². The molecular weight excluding hydrogens is 222 g/mol. The molecule has 1 rings (SSSR count). The summed E-state index contributed by atoms with van der Waals surface area (Å²) in [6.45, 7) is 7.63. The third-order valence-electron chi connectivity index (χ3n) is 2.00. The first-order valence-electron chi connectivity index (χ1n) is 4.88. The highest BCUT2D eigenvalue weighted by atomic mass is 32.2. The second kappa shape index (κ2) is 5.65. The van der Waals surface area contributed by atoms with Crippen LogP contribution in [0.25, 0.3) is 0 Å². The number of rotatable bonds is 4. The van der Waals surface area contributed by atoms with Crippen molar-refractivity contribution < 1.29 is 4.79 Å². The van der Waals surface area contributed by atoms with Gasteiger partial charge in [0.15, 0.2) is 0 Å². The molecule has 86 valence electrons. The van der Waals surface area contributed by atoms with Crippen molar-refractivity contribution in [2.24, 2.45) is 0 Å². The van der Waals surface area contributed by atoms with E-state index in [1.165, 1.54) is 11.8 Å². The van der Waals surface area contributed by atoms with E-state index in [0.29, 0.717) is 28.7 Å². The van der Waals surface area contributed by atoms with Gasteiger partial charge in [0.25, 0.3) is 5.91 Å². The van der Waals surface area contributed by atoms with E-state index in [4.69, 9.17) is 0 Å². The Hall–Kier alpha value is -1.36. The van der Waals surface area contributed by atoms with E-state index in [1.54, 1.807) is 6.08 Å². The summed E-state index contributed by atoms with van der Waals surface area (Å²) in [7, 11) is 0. The Morgan fingerprint density at radius 1 is 1.50 bits per heavy atom. The molecule has 16 heavy (non-hydrogen) atoms. The monoisotopic (exact) mass is 237 g/mol. The molecule has 0 bridgehead atoms. The number of carbonyl (C=O) groups excluding carboxylic acids is 1. The van der Waals surface area contributed by atoms with Crippen LogP contribution in [-0.2, 0) is 0 Å². The van der Waals surface area contributed by atoms with Gasteiger partial charge in [0, 0.05) is 6.54 Å². The summed E-state index contributed by atoms with van der Waals surface area (Å²) >= 11 is 1.45. The summed E-state index contributed by atoms with van der Waals surface area (Å²) < 4.78 is 0. The van der Waals surface area contributed by atoms with Gasteiger partial charge in [-0.3, -0.25) is 4.79 Å². The summed E-state index contributed by atoms with van der Waals surface area (Å²) in [5.74, 6) is 0.531. The SMILES string of the molecule is C=CCNC(=O)c1c(C)nc(C)nc1SC. The molecule has 0 saturated heterocycles. The van der Waals surface area contributed by atoms with Gasteiger partial charge in [-0.25, -0.2) is 9.97 Å². The molecule has 1 aromatic rings. The van der Waals surface area contributed by atoms with Crippen molar-refractivity contribution in [3.63, 3.8) is 0 Å². The highest BCUT2D eigenvalue weighted by Crippen LogP contribution is 2.20. The van der Waals surface area contributed by atoms with Crippen LogP contribution >= 0.6 is 11.8 Å². The largest absolute Gasteiger partial charge is 0.348 e. The summed E-state index contributed by atoms with van der Waals surface area (Å²) in [5, 5.41) is 3.45. The van der Waals surface area contributed by atoms with Gasteiger partial charge in [0.05, 0.1) is 11.3 Å². The van der Waals surface area contributed by atoms with E-state index >= 15 is 0 Å². The Morgan fingerprint density at radius 2 is 2.19 bits per heavy atom. The second-order valence-corrected chi connectivity index (χ2v) is 4.03. The zero-order chi connectivity index (χ0) is 12.1. The molecule has 5 heteroatoms. The fourth-order valence-corrected chi connectivity index (χ4v) is 2.01. The van der Waals surface area contributed by atoms with Crippen molar-refractivity contribution in [2.45, 2.75) is 18.9 Å². The lowest BCUT2D eigenvalue weighted by Gasteiger charge is -2.09. The molecule has 1 N–H and O–H groups in total. The summed E-state index contributed by atoms with van der Waals surface area (Å²) in [4.78, 5) is 20.3. The smallest absolute Gasteiger partial charge is 0.256 e. The summed E-state index contributed by atoms with van der Waals surface area (Å²) in [5.41, 5.74) is 1.26. The zero-order valence-corrected chi connectivity index (χ0v) is 10.5. The van der Waals surface area contributed by atoms with Crippen molar-refractivity contribution in [1.82, 2.24) is 15.3 Å². The minimum absolute atomic E-state index is 0.151. The molecule has 0 spiro atoms. The van der Waals surface area contributed by atoms with E-state index < -0.39 is 0 Å². The van der Waals surface area contributed by atoms with Crippen molar-refractivity contribution in [1.29, 1.82) is 0 Å². The molecule has 0 aromatic carbocycles. The minimum atomic E-state index is -0.151. The molecule has 0 aliphatic heterocycles. The Bertz CT molecular complexity index is 418. The number of thioether (sulfide) groups is 1. The number of aryl methyl sites for hydroxylation is 2. The Kier molecular flexibility index (Phi) is 4.49. The minimum Gasteiger partial charge on any atom is -0.348 e. The standard InChI is InChI=1S/C11H15N3OS/c1-5-6-12-10(15)9-7(2)13-8(3)14-11(9)16-4/h5H,1,6H2,2-4H3,(H,12,15). The second-order valence-electron chi connectivity index (χ2n) is 3.24. The molecule has 0 unspecified atom stereocenters. The first kappa shape index (κ1) is 12.7. The number of hydrogen-bond donors (Lipinski definition) is 1. The average molecular weight is 237 g/mol. The van der Waals surface area contributed by atoms with Gasteiger partial charge in [0.2, 0.25) is 0 Å². The first-order valence-corrected chi connectivity index (χ1v) is 6.11. The zero-order valence-electron chi connectivity index (χ0n) is 9.70. The number of hydrogen-bond acceptors (Lipinski definition) is 4. The quantitative estimate of drug-likeness (QED) is 0.492. The van der Waals surface area contributed by atoms with Gasteiger partial charge in [-0.1, -0.05) is 6.08 Å². The number of nitrogens with one attached hydrogen (secondary N) is 1. The molecule has 4 nitrogen and oxygen atoms in total. The van der Waals surface area contributed by atoms with E-state index in [0.717, 1.165) is 0 Å². The Morgan fingerprint density at radius 3 is 2.75 bits per heavy atom. The lowest BCUT2D eigenvalue weighted by molar-refractivity contribution is 0.0953. The van der Waals surface area contributed by atoms with Gasteiger partial charge < -0.3 is 5.32 Å². The number of carbonyl (C=O) groups is 1. The lowest BCUT2D eigenvalue weighted by Crippen LogP contribution is -2.25. The first-order chi connectivity index (χ1) is 7.60. The van der Waals surface area contributed by atoms with Crippen LogP contribution in [0.2, 0.25) is 0 Å². The molecule has 1 aromatic heterocycles. The van der Waals surface area contributed by atoms with E-state index in [1.807, 2.05) is 20.1 Å². The molecule has 0 aliphatic rings. The third-order valence-corrected chi connectivity index (χ3v) is 2.68. The van der Waals surface area contributed by atoms with Crippen LogP contribution in [0.5, 0.6) is 0 Å². The normalized spacial score (nSPS) is 9.94. The van der Waals surface area contributed by atoms with Crippen LogP contribution in [0.4, 0.5) is 0 Å². The van der Waals surface area contributed by atoms with Crippen molar-refractivity contribution >= 4 is 17.7 Å². The molecule has 1 amide bonds. The lowest BCUT2D eigenvalue weighted by atomic mass is 10.2. The van der Waals surface area contributed by atoms with E-state index in [9.17, 15) is 4.79 Å². The molecule has 0 saturated carbocycles. The molecule has 0 atom stereocenters. The Labute approximate surface area is 99.6 Å². The average Bonchev–Trinajstić information content (AvgIpc) is 2.24. The summed E-state index contributed by atoms with van der Waals surface area (Å²) in [6, 6.07) is 0. The molecule has 1 heterocycles. The van der Waals surface area contributed by atoms with E-state index in [-0.39, 0.29) is 5.91 Å². The number of nitrogens with zero attached hydrogens (tertiary/aromatic N) is 2. The van der Waals surface area contributed by atoms with Crippen LogP contribution in [0.15, 0.2) is 17.7 Å². The molecular formula is C11H15N3OS. The third kappa shape index (κ3) is 2.82. The predicted molar refractivity (Wildman–Crippen MR) is 65.8 cm³/mol. The maximum Gasteiger partial charge on any atom is 0.256 e. The van der Waals surface area contributed by atoms with Crippen molar-refractivity contribution in [3.8, 4) is 0 Å². The summed E-state index contributed by atoms with van der Waals surface area (Å²) in [6.07, 6.45) is 3.53. The van der Waals surface area contributed by atoms with Gasteiger partial charge in [0.1, 0.15) is 10.9 Å². The number of amides is 1. The fourth-order valence-electron chi connectivity index (χ4n) is 1.34. The van der Waals surface area contributed by atoms with Crippen LogP contribution in [0.1, 0.15) is 21.9 Å². The fraction of sp³-hybridized carbons (Fsp3) is 0.364. The molecule has 0 aliphatic carbocycles. The highest BCUT2D eigenvalue weighted by molar-refractivity contribution is 7.98. The van der Waals surface area contributed by atoms with Crippen LogP contribution in [-0.4, -0.2) is 28.7 Å². The maximum atomic E-state index is 11.9. The van der Waals surface area contributed by atoms with Gasteiger partial charge >= 0.3 is 0 Å². The van der Waals surface area contributed by atoms with Gasteiger partial charge in [-0.15, -0.1) is 18.3 Å². The number of aromatic nitrogens is 2. The van der Waals surface area contributed by atoms with Crippen molar-refractivity contribution in [2.75, 3.05) is 12.8 Å². The molecule has 0 radical (unpaired) electrons. The van der Waals surface area contributed by atoms with Crippen molar-refractivity contribution in [3.05, 3.63) is 29.7 Å². The van der Waals surface area contributed by atoms with Crippen LogP contribution in [0.3, 0.4) is 0 Å². The molecule has 0 fully saturated rings. The van der Waals surface area contributed by atoms with Crippen LogP contribution < -0.4 is 5.32 Å². The van der Waals surface area contributed by atoms with Gasteiger partial charge in [-0.2, -0.15) is 0 Å². The van der Waals surface area contributed by atoms with E-state index in [2.05, 4.69) is 21.9 Å². The predicted octanol–water partition coefficient (Wildman–Crippen LogP) is 1.73. The Balaban J connectivity index is 3.10. The maximum absolute atomic E-state index is 11.9. The topological polar surface area (TPSA) is 54.9 Å².